The number of rotatable bonds is 4. The van der Waals surface area contributed by atoms with Gasteiger partial charge in [-0.1, -0.05) is 29.8 Å². The van der Waals surface area contributed by atoms with E-state index in [9.17, 15) is 0 Å². The molecular formula is C16H23ClN2. The van der Waals surface area contributed by atoms with Crippen LogP contribution in [0.1, 0.15) is 25.3 Å². The van der Waals surface area contributed by atoms with E-state index in [1.807, 2.05) is 12.1 Å². The number of allylic oxidation sites excluding steroid dienone is 1. The van der Waals surface area contributed by atoms with Crippen molar-refractivity contribution in [3.05, 3.63) is 40.9 Å². The minimum absolute atomic E-state index is 0.800. The lowest BCUT2D eigenvalue weighted by Crippen LogP contribution is -2.28. The number of benzene rings is 1. The smallest absolute Gasteiger partial charge is 0.0406 e. The van der Waals surface area contributed by atoms with Crippen LogP contribution in [0.25, 0.3) is 5.57 Å². The number of hydrogen-bond donors (Lipinski definition) is 1. The van der Waals surface area contributed by atoms with Crippen molar-refractivity contribution in [3.63, 3.8) is 0 Å². The van der Waals surface area contributed by atoms with Crippen LogP contribution in [0.3, 0.4) is 0 Å². The summed E-state index contributed by atoms with van der Waals surface area (Å²) in [6.07, 6.45) is 4.72. The molecule has 1 aliphatic heterocycles. The fourth-order valence-corrected chi connectivity index (χ4v) is 2.55. The second-order valence-electron chi connectivity index (χ2n) is 5.13. The van der Waals surface area contributed by atoms with Crippen LogP contribution in [0.2, 0.25) is 5.02 Å². The first-order chi connectivity index (χ1) is 9.25. The van der Waals surface area contributed by atoms with Gasteiger partial charge in [0.1, 0.15) is 0 Å². The molecule has 1 aromatic rings. The maximum absolute atomic E-state index is 5.91. The molecule has 19 heavy (non-hydrogen) atoms. The minimum atomic E-state index is 0.800. The van der Waals surface area contributed by atoms with Crippen molar-refractivity contribution < 1.29 is 0 Å². The molecule has 2 nitrogen and oxygen atoms in total. The van der Waals surface area contributed by atoms with E-state index in [0.717, 1.165) is 31.1 Å². The molecule has 2 rings (SSSR count). The van der Waals surface area contributed by atoms with Gasteiger partial charge in [-0.05, 0) is 56.1 Å². The monoisotopic (exact) mass is 278 g/mol. The van der Waals surface area contributed by atoms with Gasteiger partial charge in [-0.2, -0.15) is 0 Å². The van der Waals surface area contributed by atoms with Crippen molar-refractivity contribution in [3.8, 4) is 0 Å². The maximum Gasteiger partial charge on any atom is 0.0406 e. The third kappa shape index (κ3) is 4.98. The summed E-state index contributed by atoms with van der Waals surface area (Å²) in [7, 11) is 0. The zero-order valence-electron chi connectivity index (χ0n) is 11.7. The zero-order valence-corrected chi connectivity index (χ0v) is 12.4. The van der Waals surface area contributed by atoms with E-state index in [1.165, 1.54) is 30.6 Å². The van der Waals surface area contributed by atoms with Crippen LogP contribution in [0.15, 0.2) is 30.3 Å². The minimum Gasteiger partial charge on any atom is -0.315 e. The number of hydrogen-bond acceptors (Lipinski definition) is 2. The third-order valence-corrected chi connectivity index (χ3v) is 3.88. The first-order valence-corrected chi connectivity index (χ1v) is 7.49. The summed E-state index contributed by atoms with van der Waals surface area (Å²) < 4.78 is 0. The number of nitrogens with one attached hydrogen (secondary N) is 1. The van der Waals surface area contributed by atoms with Crippen LogP contribution in [0.4, 0.5) is 0 Å². The summed E-state index contributed by atoms with van der Waals surface area (Å²) in [5.41, 5.74) is 2.60. The van der Waals surface area contributed by atoms with E-state index in [2.05, 4.69) is 35.3 Å². The molecule has 0 amide bonds. The molecule has 1 fully saturated rings. The number of halogens is 1. The van der Waals surface area contributed by atoms with Crippen LogP contribution < -0.4 is 5.32 Å². The molecule has 0 atom stereocenters. The summed E-state index contributed by atoms with van der Waals surface area (Å²) in [5, 5.41) is 4.24. The van der Waals surface area contributed by atoms with Crippen LogP contribution in [0, 0.1) is 0 Å². The van der Waals surface area contributed by atoms with Crippen LogP contribution in [-0.4, -0.2) is 37.6 Å². The van der Waals surface area contributed by atoms with Crippen molar-refractivity contribution in [1.29, 1.82) is 0 Å². The lowest BCUT2D eigenvalue weighted by molar-refractivity contribution is 0.298. The Labute approximate surface area is 121 Å². The lowest BCUT2D eigenvalue weighted by atomic mass is 10.1. The molecule has 0 saturated carbocycles. The molecule has 0 radical (unpaired) electrons. The van der Waals surface area contributed by atoms with Gasteiger partial charge in [-0.3, -0.25) is 0 Å². The Balaban J connectivity index is 1.82. The highest BCUT2D eigenvalue weighted by molar-refractivity contribution is 6.30. The topological polar surface area (TPSA) is 15.3 Å². The Kier molecular flexibility index (Phi) is 5.90. The molecule has 0 unspecified atom stereocenters. The van der Waals surface area contributed by atoms with E-state index in [1.54, 1.807) is 0 Å². The molecule has 1 N–H and O–H groups in total. The zero-order chi connectivity index (χ0) is 13.5. The fraction of sp³-hybridized carbons (Fsp3) is 0.500. The molecule has 3 heteroatoms. The number of nitrogens with zero attached hydrogens (tertiary/aromatic N) is 1. The molecule has 104 valence electrons. The van der Waals surface area contributed by atoms with Gasteiger partial charge in [-0.15, -0.1) is 0 Å². The summed E-state index contributed by atoms with van der Waals surface area (Å²) in [5.74, 6) is 0. The van der Waals surface area contributed by atoms with Gasteiger partial charge in [0.25, 0.3) is 0 Å². The molecule has 0 aliphatic carbocycles. The highest BCUT2D eigenvalue weighted by atomic mass is 35.5. The fourth-order valence-electron chi connectivity index (χ4n) is 2.42. The highest BCUT2D eigenvalue weighted by Gasteiger charge is 2.06. The average molecular weight is 279 g/mol. The summed E-state index contributed by atoms with van der Waals surface area (Å²) in [6.45, 7) is 8.02. The standard InChI is InChI=1S/C16H23ClN2/c1-14(15-5-7-16(17)8-6-15)4-2-11-19-12-3-9-18-10-13-19/h4-8,18H,2-3,9-13H2,1H3/b14-4+. The molecular weight excluding hydrogens is 256 g/mol. The van der Waals surface area contributed by atoms with Gasteiger partial charge in [0.2, 0.25) is 0 Å². The second-order valence-corrected chi connectivity index (χ2v) is 5.56. The van der Waals surface area contributed by atoms with Gasteiger partial charge in [-0.25, -0.2) is 0 Å². The van der Waals surface area contributed by atoms with Crippen molar-refractivity contribution in [2.24, 2.45) is 0 Å². The molecule has 1 aliphatic rings. The molecule has 0 bridgehead atoms. The molecule has 1 aromatic carbocycles. The van der Waals surface area contributed by atoms with Crippen LogP contribution >= 0.6 is 11.6 Å². The molecule has 0 spiro atoms. The first-order valence-electron chi connectivity index (χ1n) is 7.11. The van der Waals surface area contributed by atoms with Gasteiger partial charge >= 0.3 is 0 Å². The Hall–Kier alpha value is -0.830. The van der Waals surface area contributed by atoms with Crippen molar-refractivity contribution in [2.75, 3.05) is 32.7 Å². The van der Waals surface area contributed by atoms with E-state index in [0.29, 0.717) is 0 Å². The molecule has 1 saturated heterocycles. The van der Waals surface area contributed by atoms with Crippen LogP contribution in [-0.2, 0) is 0 Å². The van der Waals surface area contributed by atoms with Crippen molar-refractivity contribution >= 4 is 17.2 Å². The lowest BCUT2D eigenvalue weighted by Gasteiger charge is -2.18. The Morgan fingerprint density at radius 2 is 2.05 bits per heavy atom. The largest absolute Gasteiger partial charge is 0.315 e. The van der Waals surface area contributed by atoms with E-state index < -0.39 is 0 Å². The Morgan fingerprint density at radius 3 is 2.84 bits per heavy atom. The SMILES string of the molecule is C/C(=C\CCN1CCCNCC1)c1ccc(Cl)cc1. The highest BCUT2D eigenvalue weighted by Crippen LogP contribution is 2.17. The van der Waals surface area contributed by atoms with E-state index in [-0.39, 0.29) is 0 Å². The van der Waals surface area contributed by atoms with Gasteiger partial charge in [0.05, 0.1) is 0 Å². The normalized spacial score (nSPS) is 18.3. The van der Waals surface area contributed by atoms with Crippen molar-refractivity contribution in [2.45, 2.75) is 19.8 Å². The van der Waals surface area contributed by atoms with Gasteiger partial charge in [0.15, 0.2) is 0 Å². The third-order valence-electron chi connectivity index (χ3n) is 3.63. The van der Waals surface area contributed by atoms with E-state index >= 15 is 0 Å². The average Bonchev–Trinajstić information content (AvgIpc) is 2.68. The summed E-state index contributed by atoms with van der Waals surface area (Å²) in [6, 6.07) is 8.08. The van der Waals surface area contributed by atoms with Crippen molar-refractivity contribution in [1.82, 2.24) is 10.2 Å². The quantitative estimate of drug-likeness (QED) is 0.908. The predicted molar refractivity (Wildman–Crippen MR) is 83.6 cm³/mol. The van der Waals surface area contributed by atoms with Crippen LogP contribution in [0.5, 0.6) is 0 Å². The Bertz CT molecular complexity index is 403. The summed E-state index contributed by atoms with van der Waals surface area (Å²) in [4.78, 5) is 2.55. The molecule has 0 aromatic heterocycles. The summed E-state index contributed by atoms with van der Waals surface area (Å²) >= 11 is 5.91. The second kappa shape index (κ2) is 7.68. The maximum atomic E-state index is 5.91. The van der Waals surface area contributed by atoms with Gasteiger partial charge < -0.3 is 10.2 Å². The van der Waals surface area contributed by atoms with Gasteiger partial charge in [0, 0.05) is 24.7 Å². The molecule has 1 heterocycles. The first kappa shape index (κ1) is 14.6. The van der Waals surface area contributed by atoms with E-state index in [4.69, 9.17) is 11.6 Å². The predicted octanol–water partition coefficient (Wildman–Crippen LogP) is 3.43. The Morgan fingerprint density at radius 1 is 1.26 bits per heavy atom.